The molecule has 2 heteroatoms. The first-order valence-electron chi connectivity index (χ1n) is 7.09. The maximum atomic E-state index is 3.65. The number of nitrogens with one attached hydrogen (secondary N) is 2. The molecule has 18 heavy (non-hydrogen) atoms. The minimum Gasteiger partial charge on any atom is -0.313 e. The lowest BCUT2D eigenvalue weighted by Gasteiger charge is -2.20. The highest BCUT2D eigenvalue weighted by molar-refractivity contribution is 5.27. The van der Waals surface area contributed by atoms with E-state index in [1.807, 2.05) is 0 Å². The van der Waals surface area contributed by atoms with Crippen LogP contribution in [0.3, 0.4) is 0 Å². The van der Waals surface area contributed by atoms with Crippen LogP contribution in [0.15, 0.2) is 30.3 Å². The molecule has 2 nitrogen and oxygen atoms in total. The van der Waals surface area contributed by atoms with E-state index >= 15 is 0 Å². The van der Waals surface area contributed by atoms with Gasteiger partial charge >= 0.3 is 0 Å². The summed E-state index contributed by atoms with van der Waals surface area (Å²) in [6, 6.07) is 11.6. The van der Waals surface area contributed by atoms with E-state index in [1.54, 1.807) is 0 Å². The van der Waals surface area contributed by atoms with Crippen molar-refractivity contribution in [1.82, 2.24) is 10.6 Å². The van der Waals surface area contributed by atoms with Gasteiger partial charge in [-0.05, 0) is 52.3 Å². The molecule has 0 aliphatic heterocycles. The first-order chi connectivity index (χ1) is 8.56. The Balaban J connectivity index is 1.58. The molecule has 2 rings (SSSR count). The van der Waals surface area contributed by atoms with E-state index in [-0.39, 0.29) is 5.54 Å². The average Bonchev–Trinajstić information content (AvgIpc) is 3.08. The molecular formula is C16H26N2. The summed E-state index contributed by atoms with van der Waals surface area (Å²) in [4.78, 5) is 0. The molecule has 100 valence electrons. The minimum atomic E-state index is 0.242. The van der Waals surface area contributed by atoms with Crippen LogP contribution in [0.5, 0.6) is 0 Å². The average molecular weight is 246 g/mol. The zero-order valence-electron chi connectivity index (χ0n) is 11.9. The highest BCUT2D eigenvalue weighted by Crippen LogP contribution is 2.40. The number of hydrogen-bond donors (Lipinski definition) is 2. The predicted molar refractivity (Wildman–Crippen MR) is 78.0 cm³/mol. The van der Waals surface area contributed by atoms with Crippen molar-refractivity contribution >= 4 is 0 Å². The number of benzene rings is 1. The van der Waals surface area contributed by atoms with Gasteiger partial charge in [-0.15, -0.1) is 0 Å². The largest absolute Gasteiger partial charge is 0.313 e. The molecule has 1 saturated carbocycles. The topological polar surface area (TPSA) is 24.1 Å². The van der Waals surface area contributed by atoms with Crippen LogP contribution >= 0.6 is 0 Å². The van der Waals surface area contributed by atoms with Crippen molar-refractivity contribution in [3.05, 3.63) is 35.9 Å². The number of rotatable bonds is 6. The van der Waals surface area contributed by atoms with Gasteiger partial charge < -0.3 is 10.6 Å². The van der Waals surface area contributed by atoms with E-state index in [4.69, 9.17) is 0 Å². The Bertz CT molecular complexity index is 353. The van der Waals surface area contributed by atoms with Crippen LogP contribution in [-0.2, 0) is 0 Å². The third kappa shape index (κ3) is 4.43. The monoisotopic (exact) mass is 246 g/mol. The molecule has 1 aliphatic rings. The Morgan fingerprint density at radius 2 is 1.83 bits per heavy atom. The molecule has 0 heterocycles. The van der Waals surface area contributed by atoms with Crippen LogP contribution in [0.1, 0.15) is 45.1 Å². The van der Waals surface area contributed by atoms with Gasteiger partial charge in [-0.3, -0.25) is 0 Å². The fourth-order valence-electron chi connectivity index (χ4n) is 2.33. The second kappa shape index (κ2) is 5.85. The van der Waals surface area contributed by atoms with Crippen LogP contribution in [0, 0.1) is 0 Å². The third-order valence-corrected chi connectivity index (χ3v) is 3.43. The van der Waals surface area contributed by atoms with Gasteiger partial charge in [0.1, 0.15) is 0 Å². The molecule has 2 atom stereocenters. The molecule has 0 aromatic heterocycles. The standard InChI is InChI=1S/C16H26N2/c1-16(2,3)18-11-7-10-17-15-12-14(15)13-8-5-4-6-9-13/h4-6,8-9,14-15,17-18H,7,10-12H2,1-3H3/t14-,15+/m0/s1. The van der Waals surface area contributed by atoms with E-state index in [9.17, 15) is 0 Å². The van der Waals surface area contributed by atoms with Crippen molar-refractivity contribution in [2.45, 2.75) is 51.1 Å². The Kier molecular flexibility index (Phi) is 4.41. The van der Waals surface area contributed by atoms with Crippen LogP contribution in [-0.4, -0.2) is 24.7 Å². The van der Waals surface area contributed by atoms with Crippen molar-refractivity contribution in [1.29, 1.82) is 0 Å². The van der Waals surface area contributed by atoms with Gasteiger partial charge in [0.25, 0.3) is 0 Å². The van der Waals surface area contributed by atoms with Crippen LogP contribution < -0.4 is 10.6 Å². The first-order valence-corrected chi connectivity index (χ1v) is 7.09. The Morgan fingerprint density at radius 1 is 1.11 bits per heavy atom. The summed E-state index contributed by atoms with van der Waals surface area (Å²) in [6.45, 7) is 8.86. The highest BCUT2D eigenvalue weighted by atomic mass is 15.0. The van der Waals surface area contributed by atoms with Gasteiger partial charge in [0, 0.05) is 17.5 Å². The maximum absolute atomic E-state index is 3.65. The second-order valence-electron chi connectivity index (χ2n) is 6.34. The quantitative estimate of drug-likeness (QED) is 0.754. The summed E-state index contributed by atoms with van der Waals surface area (Å²) < 4.78 is 0. The number of hydrogen-bond acceptors (Lipinski definition) is 2. The molecule has 0 spiro atoms. The predicted octanol–water partition coefficient (Wildman–Crippen LogP) is 2.91. The van der Waals surface area contributed by atoms with Crippen molar-refractivity contribution in [2.24, 2.45) is 0 Å². The summed E-state index contributed by atoms with van der Waals surface area (Å²) in [5, 5.41) is 7.17. The molecule has 0 bridgehead atoms. The summed E-state index contributed by atoms with van der Waals surface area (Å²) in [5.41, 5.74) is 1.73. The van der Waals surface area contributed by atoms with Gasteiger partial charge in [0.15, 0.2) is 0 Å². The Labute approximate surface area is 111 Å². The normalized spacial score (nSPS) is 23.1. The molecule has 1 fully saturated rings. The SMILES string of the molecule is CC(C)(C)NCCCN[C@@H]1C[C@H]1c1ccccc1. The molecule has 0 amide bonds. The molecule has 2 N–H and O–H groups in total. The zero-order chi connectivity index (χ0) is 13.0. The lowest BCUT2D eigenvalue weighted by molar-refractivity contribution is 0.418. The maximum Gasteiger partial charge on any atom is 0.0143 e. The van der Waals surface area contributed by atoms with Gasteiger partial charge in [-0.25, -0.2) is 0 Å². The molecule has 0 saturated heterocycles. The van der Waals surface area contributed by atoms with Crippen LogP contribution in [0.4, 0.5) is 0 Å². The lowest BCUT2D eigenvalue weighted by Crippen LogP contribution is -2.37. The van der Waals surface area contributed by atoms with Crippen molar-refractivity contribution in [3.63, 3.8) is 0 Å². The summed E-state index contributed by atoms with van der Waals surface area (Å²) in [5.74, 6) is 0.752. The van der Waals surface area contributed by atoms with Gasteiger partial charge in [0.2, 0.25) is 0 Å². The van der Waals surface area contributed by atoms with E-state index in [2.05, 4.69) is 61.7 Å². The van der Waals surface area contributed by atoms with Crippen LogP contribution in [0.25, 0.3) is 0 Å². The fourth-order valence-corrected chi connectivity index (χ4v) is 2.33. The van der Waals surface area contributed by atoms with Gasteiger partial charge in [-0.2, -0.15) is 0 Å². The molecular weight excluding hydrogens is 220 g/mol. The van der Waals surface area contributed by atoms with Crippen molar-refractivity contribution in [3.8, 4) is 0 Å². The third-order valence-electron chi connectivity index (χ3n) is 3.43. The summed E-state index contributed by atoms with van der Waals surface area (Å²) >= 11 is 0. The Morgan fingerprint density at radius 3 is 2.50 bits per heavy atom. The van der Waals surface area contributed by atoms with Crippen molar-refractivity contribution in [2.75, 3.05) is 13.1 Å². The summed E-state index contributed by atoms with van der Waals surface area (Å²) in [7, 11) is 0. The van der Waals surface area contributed by atoms with Gasteiger partial charge in [-0.1, -0.05) is 30.3 Å². The Hall–Kier alpha value is -0.860. The molecule has 0 unspecified atom stereocenters. The van der Waals surface area contributed by atoms with Crippen molar-refractivity contribution < 1.29 is 0 Å². The van der Waals surface area contributed by atoms with E-state index < -0.39 is 0 Å². The van der Waals surface area contributed by atoms with E-state index in [1.165, 1.54) is 18.4 Å². The van der Waals surface area contributed by atoms with E-state index in [0.717, 1.165) is 19.0 Å². The zero-order valence-corrected chi connectivity index (χ0v) is 11.9. The minimum absolute atomic E-state index is 0.242. The molecule has 1 aromatic rings. The smallest absolute Gasteiger partial charge is 0.0143 e. The summed E-state index contributed by atoms with van der Waals surface area (Å²) in [6.07, 6.45) is 2.51. The highest BCUT2D eigenvalue weighted by Gasteiger charge is 2.37. The van der Waals surface area contributed by atoms with Gasteiger partial charge in [0.05, 0.1) is 0 Å². The second-order valence-corrected chi connectivity index (χ2v) is 6.34. The molecule has 0 radical (unpaired) electrons. The molecule has 1 aromatic carbocycles. The first kappa shape index (κ1) is 13.6. The molecule has 1 aliphatic carbocycles. The van der Waals surface area contributed by atoms with Crippen LogP contribution in [0.2, 0.25) is 0 Å². The fraction of sp³-hybridized carbons (Fsp3) is 0.625. The van der Waals surface area contributed by atoms with E-state index in [0.29, 0.717) is 6.04 Å². The lowest BCUT2D eigenvalue weighted by atomic mass is 10.1.